The third kappa shape index (κ3) is 7.91. The van der Waals surface area contributed by atoms with Crippen LogP contribution < -0.4 is 10.1 Å². The van der Waals surface area contributed by atoms with Crippen LogP contribution in [-0.2, 0) is 12.8 Å². The summed E-state index contributed by atoms with van der Waals surface area (Å²) in [6, 6.07) is 18.5. The first-order valence-corrected chi connectivity index (χ1v) is 8.58. The second-order valence-electron chi connectivity index (χ2n) is 6.97. The Bertz CT molecular complexity index is 599. The zero-order valence-corrected chi connectivity index (χ0v) is 16.2. The maximum Gasteiger partial charge on any atom is 0.118 e. The number of rotatable bonds is 9. The Morgan fingerprint density at radius 3 is 2.24 bits per heavy atom. The lowest BCUT2D eigenvalue weighted by Crippen LogP contribution is -2.45. The quantitative estimate of drug-likeness (QED) is 0.707. The summed E-state index contributed by atoms with van der Waals surface area (Å²) in [5.74, 6) is 0.876. The summed E-state index contributed by atoms with van der Waals surface area (Å²) in [6.07, 6.45) is 2.25. The van der Waals surface area contributed by atoms with Gasteiger partial charge in [-0.05, 0) is 56.4 Å². The number of nitrogens with one attached hydrogen (secondary N) is 1. The van der Waals surface area contributed by atoms with Crippen LogP contribution in [0, 0.1) is 0 Å². The van der Waals surface area contributed by atoms with Crippen LogP contribution in [-0.4, -0.2) is 30.4 Å². The normalized spacial score (nSPS) is 12.3. The summed E-state index contributed by atoms with van der Waals surface area (Å²) in [5.41, 5.74) is 2.46. The summed E-state index contributed by atoms with van der Waals surface area (Å²) < 4.78 is 5.19. The van der Waals surface area contributed by atoms with Crippen molar-refractivity contribution in [3.8, 4) is 5.75 Å². The topological polar surface area (TPSA) is 41.5 Å². The van der Waals surface area contributed by atoms with Crippen LogP contribution in [0.15, 0.2) is 54.6 Å². The Kier molecular flexibility index (Phi) is 8.98. The van der Waals surface area contributed by atoms with Crippen LogP contribution in [0.4, 0.5) is 0 Å². The third-order valence-electron chi connectivity index (χ3n) is 4.23. The van der Waals surface area contributed by atoms with E-state index in [1.54, 1.807) is 7.11 Å². The van der Waals surface area contributed by atoms with Crippen molar-refractivity contribution in [1.29, 1.82) is 0 Å². The van der Waals surface area contributed by atoms with Gasteiger partial charge in [0.1, 0.15) is 5.75 Å². The molecule has 0 saturated carbocycles. The van der Waals surface area contributed by atoms with Gasteiger partial charge in [0.05, 0.1) is 13.2 Å². The highest BCUT2D eigenvalue weighted by Gasteiger charge is 2.19. The fourth-order valence-electron chi connectivity index (χ4n) is 2.79. The molecule has 138 valence electrons. The van der Waals surface area contributed by atoms with Gasteiger partial charge >= 0.3 is 0 Å². The maximum absolute atomic E-state index is 10.2. The van der Waals surface area contributed by atoms with Crippen molar-refractivity contribution in [2.24, 2.45) is 0 Å². The van der Waals surface area contributed by atoms with Gasteiger partial charge in [0.2, 0.25) is 0 Å². The van der Waals surface area contributed by atoms with Crippen LogP contribution in [0.5, 0.6) is 5.75 Å². The standard InChI is InChI=1S/C21H29NO2.ClH/c1-21(2,15-18-10-13-20(24-3)14-11-18)22-16-19(23)12-9-17-7-5-4-6-8-17;/h4-8,10-11,13-14,19,22-23H,9,12,15-16H2,1-3H3;1H. The second kappa shape index (κ2) is 10.4. The molecule has 0 saturated heterocycles. The lowest BCUT2D eigenvalue weighted by Gasteiger charge is -2.28. The molecular weight excluding hydrogens is 334 g/mol. The van der Waals surface area contributed by atoms with Gasteiger partial charge in [-0.15, -0.1) is 12.4 Å². The first-order chi connectivity index (χ1) is 11.5. The van der Waals surface area contributed by atoms with E-state index in [2.05, 4.69) is 43.4 Å². The molecule has 0 aliphatic heterocycles. The first-order valence-electron chi connectivity index (χ1n) is 8.58. The summed E-state index contributed by atoms with van der Waals surface area (Å²) in [4.78, 5) is 0. The highest BCUT2D eigenvalue weighted by atomic mass is 35.5. The Morgan fingerprint density at radius 1 is 1.00 bits per heavy atom. The molecule has 2 aromatic carbocycles. The lowest BCUT2D eigenvalue weighted by molar-refractivity contribution is 0.149. The van der Waals surface area contributed by atoms with Gasteiger partial charge in [-0.25, -0.2) is 0 Å². The van der Waals surface area contributed by atoms with Crippen LogP contribution in [0.3, 0.4) is 0 Å². The summed E-state index contributed by atoms with van der Waals surface area (Å²) in [7, 11) is 1.68. The molecule has 25 heavy (non-hydrogen) atoms. The maximum atomic E-state index is 10.2. The number of benzene rings is 2. The predicted molar refractivity (Wildman–Crippen MR) is 107 cm³/mol. The smallest absolute Gasteiger partial charge is 0.118 e. The monoisotopic (exact) mass is 363 g/mol. The number of β-amino-alcohol motifs (C(OH)–C–C–N with tert-alkyl or cyclic N) is 1. The van der Waals surface area contributed by atoms with Crippen LogP contribution in [0.2, 0.25) is 0 Å². The van der Waals surface area contributed by atoms with Crippen molar-refractivity contribution in [3.05, 3.63) is 65.7 Å². The molecular formula is C21H30ClNO2. The molecule has 4 heteroatoms. The molecule has 0 aliphatic rings. The minimum Gasteiger partial charge on any atom is -0.497 e. The van der Waals surface area contributed by atoms with Crippen molar-refractivity contribution >= 4 is 12.4 Å². The molecule has 2 N–H and O–H groups in total. The number of hydrogen-bond donors (Lipinski definition) is 2. The molecule has 0 radical (unpaired) electrons. The molecule has 1 atom stereocenters. The Labute approximate surface area is 157 Å². The molecule has 1 unspecified atom stereocenters. The number of hydrogen-bond acceptors (Lipinski definition) is 3. The average Bonchev–Trinajstić information content (AvgIpc) is 2.59. The second-order valence-corrected chi connectivity index (χ2v) is 6.97. The molecule has 2 rings (SSSR count). The van der Waals surface area contributed by atoms with Crippen LogP contribution >= 0.6 is 12.4 Å². The highest BCUT2D eigenvalue weighted by molar-refractivity contribution is 5.85. The van der Waals surface area contributed by atoms with Gasteiger partial charge in [0, 0.05) is 12.1 Å². The Morgan fingerprint density at radius 2 is 1.64 bits per heavy atom. The van der Waals surface area contributed by atoms with E-state index in [1.165, 1.54) is 11.1 Å². The predicted octanol–water partition coefficient (Wildman–Crippen LogP) is 4.02. The van der Waals surface area contributed by atoms with Crippen molar-refractivity contribution in [2.45, 2.75) is 44.8 Å². The van der Waals surface area contributed by atoms with Crippen molar-refractivity contribution in [2.75, 3.05) is 13.7 Å². The van der Waals surface area contributed by atoms with E-state index in [4.69, 9.17) is 4.74 Å². The van der Waals surface area contributed by atoms with Crippen molar-refractivity contribution in [3.63, 3.8) is 0 Å². The molecule has 3 nitrogen and oxygen atoms in total. The fourth-order valence-corrected chi connectivity index (χ4v) is 2.79. The van der Waals surface area contributed by atoms with Gasteiger partial charge in [0.15, 0.2) is 0 Å². The van der Waals surface area contributed by atoms with Crippen molar-refractivity contribution in [1.82, 2.24) is 5.32 Å². The van der Waals surface area contributed by atoms with E-state index in [1.807, 2.05) is 30.3 Å². The number of halogens is 1. The molecule has 0 aliphatic carbocycles. The largest absolute Gasteiger partial charge is 0.497 e. The van der Waals surface area contributed by atoms with E-state index in [0.717, 1.165) is 25.0 Å². The number of aryl methyl sites for hydroxylation is 1. The number of ether oxygens (including phenoxy) is 1. The van der Waals surface area contributed by atoms with Gasteiger partial charge in [-0.2, -0.15) is 0 Å². The summed E-state index contributed by atoms with van der Waals surface area (Å²) in [5, 5.41) is 13.7. The van der Waals surface area contributed by atoms with E-state index >= 15 is 0 Å². The van der Waals surface area contributed by atoms with E-state index in [0.29, 0.717) is 6.54 Å². The summed E-state index contributed by atoms with van der Waals surface area (Å²) in [6.45, 7) is 4.94. The molecule has 0 fully saturated rings. The van der Waals surface area contributed by atoms with Gasteiger partial charge < -0.3 is 15.2 Å². The Hall–Kier alpha value is -1.55. The first kappa shape index (κ1) is 21.5. The zero-order valence-electron chi connectivity index (χ0n) is 15.4. The minimum absolute atomic E-state index is 0. The summed E-state index contributed by atoms with van der Waals surface area (Å²) >= 11 is 0. The molecule has 0 aromatic heterocycles. The van der Waals surface area contributed by atoms with Gasteiger partial charge in [0.25, 0.3) is 0 Å². The molecule has 0 heterocycles. The van der Waals surface area contributed by atoms with Crippen molar-refractivity contribution < 1.29 is 9.84 Å². The SMILES string of the molecule is COc1ccc(CC(C)(C)NCC(O)CCc2ccccc2)cc1.Cl. The van der Waals surface area contributed by atoms with E-state index in [-0.39, 0.29) is 24.0 Å². The molecule has 0 amide bonds. The highest BCUT2D eigenvalue weighted by Crippen LogP contribution is 2.17. The van der Waals surface area contributed by atoms with Crippen LogP contribution in [0.1, 0.15) is 31.4 Å². The molecule has 2 aromatic rings. The van der Waals surface area contributed by atoms with Gasteiger partial charge in [-0.1, -0.05) is 42.5 Å². The van der Waals surface area contributed by atoms with Crippen LogP contribution in [0.25, 0.3) is 0 Å². The number of methoxy groups -OCH3 is 1. The average molecular weight is 364 g/mol. The molecule has 0 bridgehead atoms. The lowest BCUT2D eigenvalue weighted by atomic mass is 9.94. The Balaban J connectivity index is 0.00000312. The van der Waals surface area contributed by atoms with E-state index in [9.17, 15) is 5.11 Å². The van der Waals surface area contributed by atoms with Gasteiger partial charge in [-0.3, -0.25) is 0 Å². The third-order valence-corrected chi connectivity index (χ3v) is 4.23. The fraction of sp³-hybridized carbons (Fsp3) is 0.429. The molecule has 0 spiro atoms. The number of aliphatic hydroxyl groups is 1. The number of aliphatic hydroxyl groups excluding tert-OH is 1. The zero-order chi connectivity index (χ0) is 17.4. The minimum atomic E-state index is -0.333. The van der Waals surface area contributed by atoms with E-state index < -0.39 is 0 Å².